The molecule has 36 heavy (non-hydrogen) atoms. The first-order chi connectivity index (χ1) is 17.7. The zero-order valence-corrected chi connectivity index (χ0v) is 20.9. The van der Waals surface area contributed by atoms with Crippen molar-refractivity contribution in [2.24, 2.45) is 0 Å². The van der Waals surface area contributed by atoms with Gasteiger partial charge in [0.05, 0.1) is 25.0 Å². The Hall–Kier alpha value is -3.69. The quantitative estimate of drug-likeness (QED) is 0.549. The molecule has 1 amide bonds. The van der Waals surface area contributed by atoms with Crippen LogP contribution in [-0.2, 0) is 0 Å². The van der Waals surface area contributed by atoms with E-state index in [4.69, 9.17) is 9.72 Å². The van der Waals surface area contributed by atoms with Gasteiger partial charge in [-0.1, -0.05) is 19.8 Å². The lowest BCUT2D eigenvalue weighted by Crippen LogP contribution is -2.42. The molecule has 1 N–H and O–H groups in total. The van der Waals surface area contributed by atoms with E-state index in [0.717, 1.165) is 68.2 Å². The van der Waals surface area contributed by atoms with Gasteiger partial charge in [-0.15, -0.1) is 10.2 Å². The lowest BCUT2D eigenvalue weighted by atomic mass is 10.0. The number of carbonyl (C=O) groups excluding carboxylic acids is 1. The van der Waals surface area contributed by atoms with Gasteiger partial charge in [-0.05, 0) is 50.3 Å². The molecule has 3 aliphatic rings. The van der Waals surface area contributed by atoms with Crippen molar-refractivity contribution in [3.63, 3.8) is 0 Å². The Kier molecular flexibility index (Phi) is 5.94. The van der Waals surface area contributed by atoms with Crippen molar-refractivity contribution in [2.45, 2.75) is 64.0 Å². The highest BCUT2D eigenvalue weighted by atomic mass is 16.5. The average molecular weight is 489 g/mol. The molecule has 2 aromatic heterocycles. The molecular formula is C26H32N8O2. The maximum absolute atomic E-state index is 12.9. The van der Waals surface area contributed by atoms with Gasteiger partial charge in [-0.3, -0.25) is 9.36 Å². The number of benzene rings is 1. The summed E-state index contributed by atoms with van der Waals surface area (Å²) in [6.45, 7) is 3.82. The van der Waals surface area contributed by atoms with Crippen LogP contribution in [0.3, 0.4) is 0 Å². The van der Waals surface area contributed by atoms with Gasteiger partial charge < -0.3 is 19.9 Å². The molecule has 1 atom stereocenters. The Bertz CT molecular complexity index is 1260. The molecule has 1 saturated heterocycles. The first-order valence-corrected chi connectivity index (χ1v) is 13.0. The second-order valence-corrected chi connectivity index (χ2v) is 9.77. The minimum Gasteiger partial charge on any atom is -0.495 e. The Morgan fingerprint density at radius 3 is 2.72 bits per heavy atom. The van der Waals surface area contributed by atoms with E-state index in [2.05, 4.69) is 32.3 Å². The topological polar surface area (TPSA) is 101 Å². The van der Waals surface area contributed by atoms with Crippen LogP contribution in [0.5, 0.6) is 5.75 Å². The van der Waals surface area contributed by atoms with Crippen molar-refractivity contribution >= 4 is 23.4 Å². The molecule has 2 fully saturated rings. The van der Waals surface area contributed by atoms with Gasteiger partial charge in [0.1, 0.15) is 17.8 Å². The van der Waals surface area contributed by atoms with Crippen LogP contribution in [0, 0.1) is 0 Å². The maximum atomic E-state index is 12.9. The first kappa shape index (κ1) is 22.8. The molecule has 1 saturated carbocycles. The van der Waals surface area contributed by atoms with Crippen molar-refractivity contribution in [1.82, 2.24) is 29.6 Å². The second-order valence-electron chi connectivity index (χ2n) is 9.77. The minimum atomic E-state index is 0.0462. The number of anilines is 3. The molecule has 0 spiro atoms. The van der Waals surface area contributed by atoms with Crippen molar-refractivity contribution in [3.05, 3.63) is 42.1 Å². The smallest absolute Gasteiger partial charge is 0.253 e. The third-order valence-electron chi connectivity index (χ3n) is 7.66. The van der Waals surface area contributed by atoms with Crippen LogP contribution in [0.25, 0.3) is 5.69 Å². The first-order valence-electron chi connectivity index (χ1n) is 13.0. The predicted molar refractivity (Wildman–Crippen MR) is 136 cm³/mol. The monoisotopic (exact) mass is 488 g/mol. The van der Waals surface area contributed by atoms with E-state index in [1.54, 1.807) is 19.5 Å². The molecule has 188 valence electrons. The lowest BCUT2D eigenvalue weighted by molar-refractivity contribution is 0.0792. The molecule has 0 radical (unpaired) electrons. The number of amides is 1. The Morgan fingerprint density at radius 2 is 1.97 bits per heavy atom. The van der Waals surface area contributed by atoms with E-state index in [1.807, 2.05) is 27.8 Å². The number of nitrogens with one attached hydrogen (secondary N) is 1. The van der Waals surface area contributed by atoms with Crippen LogP contribution in [0.4, 0.5) is 17.5 Å². The van der Waals surface area contributed by atoms with Gasteiger partial charge in [0.2, 0.25) is 5.95 Å². The number of fused-ring (bicyclic) bond motifs is 3. The van der Waals surface area contributed by atoms with Crippen LogP contribution in [0.15, 0.2) is 30.7 Å². The summed E-state index contributed by atoms with van der Waals surface area (Å²) in [5, 5.41) is 12.0. The number of ether oxygens (including phenoxy) is 1. The number of rotatable bonds is 6. The summed E-state index contributed by atoms with van der Waals surface area (Å²) in [7, 11) is 1.61. The van der Waals surface area contributed by atoms with Gasteiger partial charge >= 0.3 is 0 Å². The van der Waals surface area contributed by atoms with Gasteiger partial charge in [-0.25, -0.2) is 4.98 Å². The fraction of sp³-hybridized carbons (Fsp3) is 0.500. The van der Waals surface area contributed by atoms with Gasteiger partial charge in [0.15, 0.2) is 11.6 Å². The van der Waals surface area contributed by atoms with Crippen molar-refractivity contribution in [3.8, 4) is 11.4 Å². The minimum absolute atomic E-state index is 0.0462. The fourth-order valence-corrected chi connectivity index (χ4v) is 5.86. The molecule has 0 bridgehead atoms. The molecule has 3 aromatic rings. The maximum Gasteiger partial charge on any atom is 0.253 e. The predicted octanol–water partition coefficient (Wildman–Crippen LogP) is 4.26. The van der Waals surface area contributed by atoms with E-state index in [0.29, 0.717) is 23.3 Å². The standard InChI is InChI=1S/C26H32N8O2/c1-3-20-24-31-28-16-33(24)21-15-27-26(30-23(21)34(20)18-8-4-5-9-18)29-19-11-10-17(14-22(19)36-2)25(35)32-12-6-7-13-32/h10-11,14-16,18,20H,3-9,12-13H2,1-2H3,(H,27,29,30)/t20-/m1/s1. The van der Waals surface area contributed by atoms with Gasteiger partial charge in [0, 0.05) is 24.7 Å². The molecular weight excluding hydrogens is 456 g/mol. The molecule has 10 nitrogen and oxygen atoms in total. The molecule has 6 rings (SSSR count). The average Bonchev–Trinajstić information content (AvgIpc) is 3.70. The van der Waals surface area contributed by atoms with E-state index >= 15 is 0 Å². The highest BCUT2D eigenvalue weighted by molar-refractivity contribution is 5.95. The molecule has 4 heterocycles. The normalized spacial score (nSPS) is 19.3. The van der Waals surface area contributed by atoms with Crippen molar-refractivity contribution in [1.29, 1.82) is 0 Å². The lowest BCUT2D eigenvalue weighted by Gasteiger charge is -2.40. The van der Waals surface area contributed by atoms with Crippen LogP contribution in [0.2, 0.25) is 0 Å². The van der Waals surface area contributed by atoms with Crippen LogP contribution in [0.1, 0.15) is 74.1 Å². The summed E-state index contributed by atoms with van der Waals surface area (Å²) < 4.78 is 7.65. The SMILES string of the molecule is CC[C@@H]1c2nncn2-c2cnc(Nc3ccc(C(=O)N4CCCC4)cc3OC)nc2N1C1CCCC1. The third-order valence-corrected chi connectivity index (χ3v) is 7.66. The third kappa shape index (κ3) is 3.84. The van der Waals surface area contributed by atoms with Gasteiger partial charge in [-0.2, -0.15) is 4.98 Å². The van der Waals surface area contributed by atoms with E-state index in [-0.39, 0.29) is 11.9 Å². The second kappa shape index (κ2) is 9.40. The van der Waals surface area contributed by atoms with E-state index < -0.39 is 0 Å². The van der Waals surface area contributed by atoms with Gasteiger partial charge in [0.25, 0.3) is 5.91 Å². The van der Waals surface area contributed by atoms with E-state index in [9.17, 15) is 4.79 Å². The summed E-state index contributed by atoms with van der Waals surface area (Å²) in [5.41, 5.74) is 2.25. The number of hydrogen-bond acceptors (Lipinski definition) is 8. The number of methoxy groups -OCH3 is 1. The number of aromatic nitrogens is 5. The summed E-state index contributed by atoms with van der Waals surface area (Å²) >= 11 is 0. The zero-order valence-electron chi connectivity index (χ0n) is 20.9. The summed E-state index contributed by atoms with van der Waals surface area (Å²) in [5.74, 6) is 2.96. The Morgan fingerprint density at radius 1 is 1.17 bits per heavy atom. The number of likely N-dealkylation sites (tertiary alicyclic amines) is 1. The van der Waals surface area contributed by atoms with Crippen molar-refractivity contribution in [2.75, 3.05) is 30.4 Å². The Labute approximate surface area is 210 Å². The number of nitrogens with zero attached hydrogens (tertiary/aromatic N) is 7. The largest absolute Gasteiger partial charge is 0.495 e. The molecule has 2 aliphatic heterocycles. The van der Waals surface area contributed by atoms with Crippen molar-refractivity contribution < 1.29 is 9.53 Å². The molecule has 10 heteroatoms. The zero-order chi connectivity index (χ0) is 24.6. The number of hydrogen-bond donors (Lipinski definition) is 1. The molecule has 0 unspecified atom stereocenters. The highest BCUT2D eigenvalue weighted by Crippen LogP contribution is 2.43. The summed E-state index contributed by atoms with van der Waals surface area (Å²) in [6.07, 6.45) is 11.4. The van der Waals surface area contributed by atoms with Crippen LogP contribution < -0.4 is 15.0 Å². The number of carbonyl (C=O) groups is 1. The highest BCUT2D eigenvalue weighted by Gasteiger charge is 2.38. The molecule has 1 aliphatic carbocycles. The fourth-order valence-electron chi connectivity index (χ4n) is 5.86. The summed E-state index contributed by atoms with van der Waals surface area (Å²) in [6, 6.07) is 6.05. The van der Waals surface area contributed by atoms with Crippen LogP contribution in [-0.4, -0.2) is 61.8 Å². The Balaban J connectivity index is 1.33. The van der Waals surface area contributed by atoms with Crippen LogP contribution >= 0.6 is 0 Å². The molecule has 1 aromatic carbocycles. The van der Waals surface area contributed by atoms with E-state index in [1.165, 1.54) is 12.8 Å². The summed E-state index contributed by atoms with van der Waals surface area (Å²) in [4.78, 5) is 26.8.